The number of thioether (sulfide) groups is 1. The van der Waals surface area contributed by atoms with E-state index in [0.717, 1.165) is 18.6 Å². The lowest BCUT2D eigenvalue weighted by Gasteiger charge is -2.44. The number of hydrogen-bond donors (Lipinski definition) is 1. The normalized spacial score (nSPS) is 22.3. The molecule has 1 amide bonds. The summed E-state index contributed by atoms with van der Waals surface area (Å²) >= 11 is 1.48. The smallest absolute Gasteiger partial charge is 0.326 e. The number of carbonyl (C=O) groups is 2. The van der Waals surface area contributed by atoms with Gasteiger partial charge in [0.05, 0.1) is 12.4 Å². The number of nitrogens with zero attached hydrogens (tertiary/aromatic N) is 1. The van der Waals surface area contributed by atoms with E-state index in [2.05, 4.69) is 0 Å². The van der Waals surface area contributed by atoms with E-state index < -0.39 is 12.0 Å². The van der Waals surface area contributed by atoms with Crippen LogP contribution in [0.15, 0.2) is 0 Å². The average molecular weight is 289 g/mol. The van der Waals surface area contributed by atoms with Crippen molar-refractivity contribution in [3.8, 4) is 0 Å². The molecule has 0 aromatic rings. The zero-order valence-corrected chi connectivity index (χ0v) is 12.7. The van der Waals surface area contributed by atoms with E-state index in [1.165, 1.54) is 16.7 Å². The van der Waals surface area contributed by atoms with Gasteiger partial charge < -0.3 is 14.7 Å². The third-order valence-electron chi connectivity index (χ3n) is 3.48. The summed E-state index contributed by atoms with van der Waals surface area (Å²) in [4.78, 5) is 25.1. The average Bonchev–Trinajstić information content (AvgIpc) is 2.32. The van der Waals surface area contributed by atoms with Gasteiger partial charge in [-0.05, 0) is 18.3 Å². The van der Waals surface area contributed by atoms with Crippen molar-refractivity contribution in [1.29, 1.82) is 0 Å². The predicted octanol–water partition coefficient (Wildman–Crippen LogP) is 1.47. The number of methoxy groups -OCH3 is 1. The Morgan fingerprint density at radius 3 is 2.74 bits per heavy atom. The van der Waals surface area contributed by atoms with E-state index in [4.69, 9.17) is 4.74 Å². The highest BCUT2D eigenvalue weighted by molar-refractivity contribution is 7.99. The zero-order valence-electron chi connectivity index (χ0n) is 11.8. The molecule has 1 aliphatic rings. The molecule has 0 spiro atoms. The lowest BCUT2D eigenvalue weighted by Crippen LogP contribution is -2.56. The van der Waals surface area contributed by atoms with Crippen molar-refractivity contribution in [1.82, 2.24) is 4.90 Å². The number of aliphatic carboxylic acids is 1. The van der Waals surface area contributed by atoms with Crippen molar-refractivity contribution in [2.24, 2.45) is 5.41 Å². The van der Waals surface area contributed by atoms with Gasteiger partial charge in [0.1, 0.15) is 6.04 Å². The van der Waals surface area contributed by atoms with Gasteiger partial charge in [0.25, 0.3) is 0 Å². The highest BCUT2D eigenvalue weighted by atomic mass is 32.2. The van der Waals surface area contributed by atoms with Gasteiger partial charge in [-0.3, -0.25) is 4.79 Å². The van der Waals surface area contributed by atoms with Crippen molar-refractivity contribution in [3.63, 3.8) is 0 Å². The van der Waals surface area contributed by atoms with Crippen LogP contribution in [-0.4, -0.2) is 59.7 Å². The Labute approximate surface area is 118 Å². The topological polar surface area (TPSA) is 66.8 Å². The van der Waals surface area contributed by atoms with Crippen LogP contribution in [0.3, 0.4) is 0 Å². The van der Waals surface area contributed by atoms with Crippen molar-refractivity contribution < 1.29 is 19.4 Å². The molecule has 0 saturated carbocycles. The predicted molar refractivity (Wildman–Crippen MR) is 75.4 cm³/mol. The number of hydrogen-bond acceptors (Lipinski definition) is 4. The van der Waals surface area contributed by atoms with Crippen molar-refractivity contribution in [2.75, 3.05) is 31.8 Å². The SMILES string of the molecule is COCCSCC(=O)N1CCCC(C)(C)C1C(=O)O. The lowest BCUT2D eigenvalue weighted by molar-refractivity contribution is -0.157. The number of piperidine rings is 1. The lowest BCUT2D eigenvalue weighted by atomic mass is 9.76. The third kappa shape index (κ3) is 4.38. The number of amides is 1. The van der Waals surface area contributed by atoms with Gasteiger partial charge in [-0.2, -0.15) is 0 Å². The minimum Gasteiger partial charge on any atom is -0.480 e. The van der Waals surface area contributed by atoms with Gasteiger partial charge in [0.15, 0.2) is 0 Å². The van der Waals surface area contributed by atoms with E-state index in [1.807, 2.05) is 13.8 Å². The van der Waals surface area contributed by atoms with E-state index in [9.17, 15) is 14.7 Å². The summed E-state index contributed by atoms with van der Waals surface area (Å²) in [5.41, 5.74) is -0.364. The second-order valence-corrected chi connectivity index (χ2v) is 6.57. The van der Waals surface area contributed by atoms with Crippen molar-refractivity contribution in [3.05, 3.63) is 0 Å². The molecule has 1 rings (SSSR count). The Morgan fingerprint density at radius 2 is 2.16 bits per heavy atom. The molecule has 0 aromatic heterocycles. The van der Waals surface area contributed by atoms with Gasteiger partial charge in [-0.25, -0.2) is 4.79 Å². The minimum absolute atomic E-state index is 0.0821. The molecule has 5 nitrogen and oxygen atoms in total. The Balaban J connectivity index is 2.62. The largest absolute Gasteiger partial charge is 0.480 e. The van der Waals surface area contributed by atoms with E-state index in [1.54, 1.807) is 7.11 Å². The van der Waals surface area contributed by atoms with Gasteiger partial charge in [0, 0.05) is 19.4 Å². The second kappa shape index (κ2) is 7.14. The summed E-state index contributed by atoms with van der Waals surface area (Å²) in [5, 5.41) is 9.38. The Morgan fingerprint density at radius 1 is 1.47 bits per heavy atom. The number of ether oxygens (including phenoxy) is 1. The Hall–Kier alpha value is -0.750. The van der Waals surface area contributed by atoms with Crippen molar-refractivity contribution in [2.45, 2.75) is 32.7 Å². The number of likely N-dealkylation sites (tertiary alicyclic amines) is 1. The molecule has 1 atom stereocenters. The first kappa shape index (κ1) is 16.3. The number of carbonyl (C=O) groups excluding carboxylic acids is 1. The number of carboxylic acids is 1. The molecular weight excluding hydrogens is 266 g/mol. The molecule has 0 bridgehead atoms. The molecule has 0 aromatic carbocycles. The molecule has 0 aliphatic carbocycles. The maximum atomic E-state index is 12.2. The third-order valence-corrected chi connectivity index (χ3v) is 4.39. The van der Waals surface area contributed by atoms with Crippen LogP contribution in [0.4, 0.5) is 0 Å². The van der Waals surface area contributed by atoms with E-state index in [-0.39, 0.29) is 11.3 Å². The molecule has 1 fully saturated rings. The second-order valence-electron chi connectivity index (χ2n) is 5.47. The van der Waals surface area contributed by atoms with Crippen LogP contribution in [0.1, 0.15) is 26.7 Å². The van der Waals surface area contributed by atoms with Crippen LogP contribution in [0, 0.1) is 5.41 Å². The molecule has 1 unspecified atom stereocenters. The zero-order chi connectivity index (χ0) is 14.5. The van der Waals surface area contributed by atoms with Gasteiger partial charge >= 0.3 is 5.97 Å². The first-order valence-electron chi connectivity index (χ1n) is 6.49. The fourth-order valence-corrected chi connectivity index (χ4v) is 3.28. The van der Waals surface area contributed by atoms with Gasteiger partial charge in [-0.15, -0.1) is 11.8 Å². The first-order chi connectivity index (χ1) is 8.90. The first-order valence-corrected chi connectivity index (χ1v) is 7.64. The summed E-state index contributed by atoms with van der Waals surface area (Å²) in [6.07, 6.45) is 1.70. The minimum atomic E-state index is -0.903. The number of rotatable bonds is 6. The molecule has 6 heteroatoms. The summed E-state index contributed by atoms with van der Waals surface area (Å²) in [7, 11) is 1.62. The maximum absolute atomic E-state index is 12.2. The van der Waals surface area contributed by atoms with E-state index in [0.29, 0.717) is 18.9 Å². The molecule has 1 saturated heterocycles. The highest BCUT2D eigenvalue weighted by Crippen LogP contribution is 2.35. The maximum Gasteiger partial charge on any atom is 0.326 e. The molecule has 1 heterocycles. The fourth-order valence-electron chi connectivity index (χ4n) is 2.51. The van der Waals surface area contributed by atoms with Crippen LogP contribution in [0.2, 0.25) is 0 Å². The van der Waals surface area contributed by atoms with E-state index >= 15 is 0 Å². The van der Waals surface area contributed by atoms with Crippen LogP contribution in [0.5, 0.6) is 0 Å². The quantitative estimate of drug-likeness (QED) is 0.750. The highest BCUT2D eigenvalue weighted by Gasteiger charge is 2.44. The monoisotopic (exact) mass is 289 g/mol. The molecule has 19 heavy (non-hydrogen) atoms. The van der Waals surface area contributed by atoms with Gasteiger partial charge in [-0.1, -0.05) is 13.8 Å². The van der Waals surface area contributed by atoms with Crippen LogP contribution >= 0.6 is 11.8 Å². The summed E-state index contributed by atoms with van der Waals surface area (Å²) in [6.45, 7) is 4.99. The number of carboxylic acid groups (broad SMARTS) is 1. The van der Waals surface area contributed by atoms with Crippen molar-refractivity contribution >= 4 is 23.6 Å². The molecular formula is C13H23NO4S. The van der Waals surface area contributed by atoms with Crippen LogP contribution < -0.4 is 0 Å². The fraction of sp³-hybridized carbons (Fsp3) is 0.846. The summed E-state index contributed by atoms with van der Waals surface area (Å²) in [6, 6.07) is -0.711. The summed E-state index contributed by atoms with van der Waals surface area (Å²) in [5.74, 6) is 0.0849. The Kier molecular flexibility index (Phi) is 6.13. The molecule has 1 N–H and O–H groups in total. The van der Waals surface area contributed by atoms with Crippen LogP contribution in [-0.2, 0) is 14.3 Å². The van der Waals surface area contributed by atoms with Crippen LogP contribution in [0.25, 0.3) is 0 Å². The summed E-state index contributed by atoms with van der Waals surface area (Å²) < 4.78 is 4.92. The standard InChI is InChI=1S/C13H23NO4S/c1-13(2)5-4-6-14(11(13)12(16)17)10(15)9-19-8-7-18-3/h11H,4-9H2,1-3H3,(H,16,17). The van der Waals surface area contributed by atoms with Gasteiger partial charge in [0.2, 0.25) is 5.91 Å². The Bertz CT molecular complexity index is 333. The molecule has 1 aliphatic heterocycles. The molecule has 0 radical (unpaired) electrons. The molecule has 110 valence electrons.